The van der Waals surface area contributed by atoms with Gasteiger partial charge < -0.3 is 15.8 Å². The molecule has 6 heteroatoms. The Hall–Kier alpha value is -2.21. The molecule has 0 radical (unpaired) electrons. The summed E-state index contributed by atoms with van der Waals surface area (Å²) in [6.45, 7) is 2.30. The van der Waals surface area contributed by atoms with Gasteiger partial charge in [-0.25, -0.2) is 4.98 Å². The largest absolute Gasteiger partial charge is 0.381 e. The van der Waals surface area contributed by atoms with E-state index >= 15 is 0 Å². The molecule has 3 rings (SSSR count). The van der Waals surface area contributed by atoms with Gasteiger partial charge in [0.2, 0.25) is 5.95 Å². The molecule has 21 heavy (non-hydrogen) atoms. The van der Waals surface area contributed by atoms with Crippen LogP contribution in [-0.4, -0.2) is 34.7 Å². The molecular formula is C15H19N5O. The van der Waals surface area contributed by atoms with Crippen LogP contribution in [0.2, 0.25) is 0 Å². The van der Waals surface area contributed by atoms with Crippen LogP contribution in [0, 0.1) is 0 Å². The maximum Gasteiger partial charge on any atom is 0.222 e. The van der Waals surface area contributed by atoms with Crippen molar-refractivity contribution in [1.82, 2.24) is 15.0 Å². The van der Waals surface area contributed by atoms with Crippen molar-refractivity contribution in [2.45, 2.75) is 18.8 Å². The van der Waals surface area contributed by atoms with Crippen LogP contribution in [0.1, 0.15) is 23.6 Å². The second kappa shape index (κ2) is 6.49. The summed E-state index contributed by atoms with van der Waals surface area (Å²) >= 11 is 0. The molecule has 0 aliphatic carbocycles. The first-order valence-electron chi connectivity index (χ1n) is 7.16. The quantitative estimate of drug-likeness (QED) is 0.868. The van der Waals surface area contributed by atoms with E-state index in [1.165, 1.54) is 5.56 Å². The second-order valence-electron chi connectivity index (χ2n) is 5.13. The number of ether oxygens (including phenoxy) is 1. The Morgan fingerprint density at radius 2 is 2.14 bits per heavy atom. The molecule has 0 saturated carbocycles. The predicted molar refractivity (Wildman–Crippen MR) is 81.1 cm³/mol. The number of nitrogens with two attached hydrogens (primary N) is 1. The van der Waals surface area contributed by atoms with E-state index in [0.29, 0.717) is 18.5 Å². The fourth-order valence-electron chi connectivity index (χ4n) is 2.44. The standard InChI is InChI=1S/C15H19N5O/c16-15-19-13(12-4-8-21-10-12)9-14(20-15)18-7-3-11-1-5-17-6-2-11/h1-2,5-6,9,12H,3-4,7-8,10H2,(H3,16,18,19,20). The molecule has 6 nitrogen and oxygen atoms in total. The number of nitrogens with one attached hydrogen (secondary N) is 1. The van der Waals surface area contributed by atoms with Crippen LogP contribution in [0.4, 0.5) is 11.8 Å². The summed E-state index contributed by atoms with van der Waals surface area (Å²) in [5, 5.41) is 3.31. The molecule has 2 aromatic heterocycles. The third-order valence-corrected chi connectivity index (χ3v) is 3.58. The highest BCUT2D eigenvalue weighted by molar-refractivity contribution is 5.41. The van der Waals surface area contributed by atoms with E-state index in [4.69, 9.17) is 10.5 Å². The van der Waals surface area contributed by atoms with Crippen molar-refractivity contribution in [2.75, 3.05) is 30.8 Å². The summed E-state index contributed by atoms with van der Waals surface area (Å²) in [5.74, 6) is 1.42. The Labute approximate surface area is 123 Å². The van der Waals surface area contributed by atoms with Crippen molar-refractivity contribution in [1.29, 1.82) is 0 Å². The van der Waals surface area contributed by atoms with E-state index in [1.54, 1.807) is 12.4 Å². The van der Waals surface area contributed by atoms with Crippen molar-refractivity contribution in [3.8, 4) is 0 Å². The first kappa shape index (κ1) is 13.8. The van der Waals surface area contributed by atoms with E-state index in [9.17, 15) is 0 Å². The number of rotatable bonds is 5. The monoisotopic (exact) mass is 285 g/mol. The number of hydrogen-bond donors (Lipinski definition) is 2. The Morgan fingerprint density at radius 3 is 2.90 bits per heavy atom. The lowest BCUT2D eigenvalue weighted by Crippen LogP contribution is -2.11. The molecule has 1 aliphatic rings. The lowest BCUT2D eigenvalue weighted by Gasteiger charge is -2.11. The molecule has 0 bridgehead atoms. The lowest BCUT2D eigenvalue weighted by atomic mass is 10.0. The van der Waals surface area contributed by atoms with Gasteiger partial charge in [-0.3, -0.25) is 4.98 Å². The van der Waals surface area contributed by atoms with E-state index in [1.807, 2.05) is 18.2 Å². The normalized spacial score (nSPS) is 17.8. The molecule has 1 atom stereocenters. The summed E-state index contributed by atoms with van der Waals surface area (Å²) < 4.78 is 5.40. The van der Waals surface area contributed by atoms with Crippen molar-refractivity contribution < 1.29 is 4.74 Å². The summed E-state index contributed by atoms with van der Waals surface area (Å²) in [6.07, 6.45) is 5.51. The molecule has 1 saturated heterocycles. The van der Waals surface area contributed by atoms with Crippen LogP contribution in [0.3, 0.4) is 0 Å². The number of nitrogens with zero attached hydrogens (tertiary/aromatic N) is 3. The highest BCUT2D eigenvalue weighted by atomic mass is 16.5. The van der Waals surface area contributed by atoms with Gasteiger partial charge in [0.05, 0.1) is 12.3 Å². The number of pyridine rings is 1. The van der Waals surface area contributed by atoms with Gasteiger partial charge >= 0.3 is 0 Å². The highest BCUT2D eigenvalue weighted by Crippen LogP contribution is 2.25. The van der Waals surface area contributed by atoms with Crippen molar-refractivity contribution in [3.05, 3.63) is 41.9 Å². The van der Waals surface area contributed by atoms with Gasteiger partial charge in [-0.15, -0.1) is 0 Å². The fraction of sp³-hybridized carbons (Fsp3) is 0.400. The van der Waals surface area contributed by atoms with Gasteiger partial charge in [-0.2, -0.15) is 4.98 Å². The number of aromatic nitrogens is 3. The first-order chi connectivity index (χ1) is 10.3. The Morgan fingerprint density at radius 1 is 1.29 bits per heavy atom. The molecule has 1 unspecified atom stereocenters. The van der Waals surface area contributed by atoms with Crippen LogP contribution in [0.25, 0.3) is 0 Å². The number of anilines is 2. The minimum absolute atomic E-state index is 0.311. The van der Waals surface area contributed by atoms with Crippen LogP contribution >= 0.6 is 0 Å². The van der Waals surface area contributed by atoms with E-state index in [-0.39, 0.29) is 0 Å². The molecule has 3 heterocycles. The molecule has 0 spiro atoms. The summed E-state index contributed by atoms with van der Waals surface area (Å²) in [6, 6.07) is 6.00. The third-order valence-electron chi connectivity index (χ3n) is 3.58. The number of hydrogen-bond acceptors (Lipinski definition) is 6. The zero-order chi connectivity index (χ0) is 14.5. The van der Waals surface area contributed by atoms with Gasteiger partial charge in [0.1, 0.15) is 5.82 Å². The van der Waals surface area contributed by atoms with E-state index < -0.39 is 0 Å². The maximum atomic E-state index is 5.80. The topological polar surface area (TPSA) is 86.0 Å². The summed E-state index contributed by atoms with van der Waals surface area (Å²) in [7, 11) is 0. The summed E-state index contributed by atoms with van der Waals surface area (Å²) in [5.41, 5.74) is 8.00. The van der Waals surface area contributed by atoms with Gasteiger partial charge in [-0.05, 0) is 30.5 Å². The van der Waals surface area contributed by atoms with Gasteiger partial charge in [-0.1, -0.05) is 0 Å². The summed E-state index contributed by atoms with van der Waals surface area (Å²) in [4.78, 5) is 12.6. The molecule has 1 aliphatic heterocycles. The van der Waals surface area contributed by atoms with Crippen LogP contribution in [-0.2, 0) is 11.2 Å². The lowest BCUT2D eigenvalue weighted by molar-refractivity contribution is 0.193. The SMILES string of the molecule is Nc1nc(NCCc2ccncc2)cc(C2CCOC2)n1. The molecule has 110 valence electrons. The Balaban J connectivity index is 1.62. The molecule has 0 amide bonds. The molecular weight excluding hydrogens is 266 g/mol. The molecule has 0 aromatic carbocycles. The van der Waals surface area contributed by atoms with E-state index in [2.05, 4.69) is 20.3 Å². The average Bonchev–Trinajstić information content (AvgIpc) is 3.02. The third kappa shape index (κ3) is 3.66. The second-order valence-corrected chi connectivity index (χ2v) is 5.13. The Bertz CT molecular complexity index is 584. The minimum atomic E-state index is 0.311. The highest BCUT2D eigenvalue weighted by Gasteiger charge is 2.20. The fourth-order valence-corrected chi connectivity index (χ4v) is 2.44. The smallest absolute Gasteiger partial charge is 0.222 e. The van der Waals surface area contributed by atoms with Crippen molar-refractivity contribution >= 4 is 11.8 Å². The van der Waals surface area contributed by atoms with Crippen LogP contribution < -0.4 is 11.1 Å². The Kier molecular flexibility index (Phi) is 4.25. The van der Waals surface area contributed by atoms with Gasteiger partial charge in [0.25, 0.3) is 0 Å². The predicted octanol–water partition coefficient (Wildman–Crippen LogP) is 1.61. The van der Waals surface area contributed by atoms with Crippen molar-refractivity contribution in [3.63, 3.8) is 0 Å². The first-order valence-corrected chi connectivity index (χ1v) is 7.16. The van der Waals surface area contributed by atoms with E-state index in [0.717, 1.165) is 37.5 Å². The van der Waals surface area contributed by atoms with Crippen LogP contribution in [0.15, 0.2) is 30.6 Å². The van der Waals surface area contributed by atoms with Crippen LogP contribution in [0.5, 0.6) is 0 Å². The number of nitrogen functional groups attached to an aromatic ring is 1. The maximum absolute atomic E-state index is 5.80. The minimum Gasteiger partial charge on any atom is -0.381 e. The molecule has 3 N–H and O–H groups in total. The molecule has 2 aromatic rings. The van der Waals surface area contributed by atoms with Gasteiger partial charge in [0, 0.05) is 37.5 Å². The van der Waals surface area contributed by atoms with Gasteiger partial charge in [0.15, 0.2) is 0 Å². The van der Waals surface area contributed by atoms with Crippen molar-refractivity contribution in [2.24, 2.45) is 0 Å². The zero-order valence-electron chi connectivity index (χ0n) is 11.8. The zero-order valence-corrected chi connectivity index (χ0v) is 11.8. The molecule has 1 fully saturated rings. The average molecular weight is 285 g/mol.